The number of Topliss-reactive ketones (excluding diaryl/α,β-unsaturated/α-hetero) is 1. The number of carbonyl (C=O) groups is 3. The molecule has 1 aliphatic carbocycles. The van der Waals surface area contributed by atoms with Crippen molar-refractivity contribution in [3.8, 4) is 11.5 Å². The average molecular weight is 627 g/mol. The monoisotopic (exact) mass is 626 g/mol. The minimum absolute atomic E-state index is 0.0105. The zero-order valence-corrected chi connectivity index (χ0v) is 26.8. The molecule has 10 heteroatoms. The third-order valence-electron chi connectivity index (χ3n) is 10.7. The first-order valence-electron chi connectivity index (χ1n) is 16.3. The van der Waals surface area contributed by atoms with E-state index in [9.17, 15) is 19.5 Å². The Morgan fingerprint density at radius 2 is 1.78 bits per heavy atom. The van der Waals surface area contributed by atoms with Crippen molar-refractivity contribution >= 4 is 34.2 Å². The number of benzene rings is 3. The molecule has 1 saturated carbocycles. The number of methoxy groups -OCH3 is 1. The second kappa shape index (κ2) is 11.9. The number of phenols is 1. The second-order valence-corrected chi connectivity index (χ2v) is 13.3. The number of ether oxygens (including phenoxy) is 2. The van der Waals surface area contributed by atoms with Gasteiger partial charge in [-0.25, -0.2) is 4.79 Å². The maximum absolute atomic E-state index is 14.6. The minimum Gasteiger partial charge on any atom is -0.504 e. The number of aromatic hydroxyl groups is 1. The summed E-state index contributed by atoms with van der Waals surface area (Å²) in [5.41, 5.74) is 1.79. The van der Waals surface area contributed by atoms with Gasteiger partial charge < -0.3 is 24.4 Å². The number of nitrogens with zero attached hydrogens (tertiary/aromatic N) is 4. The fourth-order valence-corrected chi connectivity index (χ4v) is 8.48. The lowest BCUT2D eigenvalue weighted by atomic mass is 9.87. The summed E-state index contributed by atoms with van der Waals surface area (Å²) in [7, 11) is 5.53. The average Bonchev–Trinajstić information content (AvgIpc) is 3.65. The summed E-state index contributed by atoms with van der Waals surface area (Å²) < 4.78 is 10.7. The number of hydrogen-bond acceptors (Lipinski definition) is 8. The van der Waals surface area contributed by atoms with Gasteiger partial charge in [0.25, 0.3) is 5.91 Å². The Balaban J connectivity index is 1.22. The number of amides is 3. The maximum atomic E-state index is 14.6. The lowest BCUT2D eigenvalue weighted by Crippen LogP contribution is -2.48. The second-order valence-electron chi connectivity index (χ2n) is 13.3. The maximum Gasteiger partial charge on any atom is 0.328 e. The van der Waals surface area contributed by atoms with Gasteiger partial charge in [0.2, 0.25) is 0 Å². The number of hydrogen-bond donors (Lipinski definition) is 1. The van der Waals surface area contributed by atoms with Gasteiger partial charge in [0.15, 0.2) is 11.5 Å². The molecule has 242 valence electrons. The van der Waals surface area contributed by atoms with Gasteiger partial charge in [0.1, 0.15) is 11.3 Å². The highest BCUT2D eigenvalue weighted by Gasteiger charge is 2.70. The molecule has 0 radical (unpaired) electrons. The van der Waals surface area contributed by atoms with Crippen LogP contribution in [0.1, 0.15) is 36.4 Å². The van der Waals surface area contributed by atoms with Crippen molar-refractivity contribution in [3.63, 3.8) is 0 Å². The molecular weight excluding hydrogens is 584 g/mol. The summed E-state index contributed by atoms with van der Waals surface area (Å²) in [5, 5.41) is 12.5. The lowest BCUT2D eigenvalue weighted by molar-refractivity contribution is -0.134. The van der Waals surface area contributed by atoms with Crippen molar-refractivity contribution in [2.75, 3.05) is 65.5 Å². The number of anilines is 1. The number of carbonyl (C=O) groups excluding carboxylic acids is 3. The Hall–Kier alpha value is -4.15. The normalized spacial score (nSPS) is 26.1. The summed E-state index contributed by atoms with van der Waals surface area (Å²) in [6.07, 6.45) is 1.65. The molecule has 0 aromatic heterocycles. The van der Waals surface area contributed by atoms with Crippen LogP contribution in [-0.4, -0.2) is 104 Å². The Labute approximate surface area is 269 Å². The molecule has 3 aromatic rings. The van der Waals surface area contributed by atoms with Gasteiger partial charge in [-0.3, -0.25) is 19.4 Å². The van der Waals surface area contributed by atoms with Gasteiger partial charge in [-0.05, 0) is 59.9 Å². The molecule has 10 nitrogen and oxygen atoms in total. The largest absolute Gasteiger partial charge is 0.504 e. The van der Waals surface area contributed by atoms with Crippen LogP contribution < -0.4 is 9.64 Å². The lowest BCUT2D eigenvalue weighted by Gasteiger charge is -2.32. The molecule has 4 aliphatic rings. The minimum atomic E-state index is -1.05. The fourth-order valence-electron chi connectivity index (χ4n) is 8.48. The Bertz CT molecular complexity index is 1690. The molecule has 3 amide bonds. The van der Waals surface area contributed by atoms with Gasteiger partial charge in [0.05, 0.1) is 26.4 Å². The number of urea groups is 1. The quantitative estimate of drug-likeness (QED) is 0.352. The van der Waals surface area contributed by atoms with Crippen molar-refractivity contribution in [2.24, 2.45) is 11.8 Å². The number of rotatable bonds is 9. The van der Waals surface area contributed by atoms with Crippen LogP contribution in [0.25, 0.3) is 10.8 Å². The molecule has 7 rings (SSSR count). The zero-order chi connectivity index (χ0) is 32.2. The van der Waals surface area contributed by atoms with E-state index in [1.165, 1.54) is 12.0 Å². The molecular formula is C36H42N4O6. The number of fused-ring (bicyclic) bond motifs is 1. The summed E-state index contributed by atoms with van der Waals surface area (Å²) >= 11 is 0. The van der Waals surface area contributed by atoms with E-state index in [1.807, 2.05) is 31.1 Å². The molecule has 3 saturated heterocycles. The van der Waals surface area contributed by atoms with Crippen molar-refractivity contribution in [3.05, 3.63) is 65.7 Å². The van der Waals surface area contributed by atoms with Crippen LogP contribution in [0.3, 0.4) is 0 Å². The van der Waals surface area contributed by atoms with Crippen LogP contribution in [-0.2, 0) is 20.7 Å². The molecule has 1 unspecified atom stereocenters. The van der Waals surface area contributed by atoms with Gasteiger partial charge in [-0.15, -0.1) is 0 Å². The number of phenolic OH excluding ortho intramolecular Hbond substituents is 1. The third kappa shape index (κ3) is 4.89. The topological polar surface area (TPSA) is 103 Å². The van der Waals surface area contributed by atoms with E-state index in [0.29, 0.717) is 56.9 Å². The predicted octanol–water partition coefficient (Wildman–Crippen LogP) is 4.24. The molecule has 3 aliphatic heterocycles. The predicted molar refractivity (Wildman–Crippen MR) is 174 cm³/mol. The highest BCUT2D eigenvalue weighted by molar-refractivity contribution is 6.09. The molecule has 0 bridgehead atoms. The number of imide groups is 1. The number of ketones is 1. The zero-order valence-electron chi connectivity index (χ0n) is 26.8. The van der Waals surface area contributed by atoms with Gasteiger partial charge in [-0.2, -0.15) is 0 Å². The van der Waals surface area contributed by atoms with E-state index in [-0.39, 0.29) is 47.8 Å². The van der Waals surface area contributed by atoms with E-state index >= 15 is 0 Å². The molecule has 3 aromatic carbocycles. The van der Waals surface area contributed by atoms with Crippen LogP contribution in [0, 0.1) is 11.8 Å². The molecule has 46 heavy (non-hydrogen) atoms. The fraction of sp³-hybridized carbons (Fsp3) is 0.472. The van der Waals surface area contributed by atoms with E-state index in [4.69, 9.17) is 9.47 Å². The third-order valence-corrected chi connectivity index (χ3v) is 10.7. The van der Waals surface area contributed by atoms with E-state index in [1.54, 1.807) is 18.2 Å². The van der Waals surface area contributed by atoms with Crippen LogP contribution in [0.5, 0.6) is 11.5 Å². The Morgan fingerprint density at radius 1 is 1.02 bits per heavy atom. The van der Waals surface area contributed by atoms with Gasteiger partial charge >= 0.3 is 6.03 Å². The summed E-state index contributed by atoms with van der Waals surface area (Å²) in [6, 6.07) is 17.0. The Morgan fingerprint density at radius 3 is 2.50 bits per heavy atom. The van der Waals surface area contributed by atoms with E-state index in [2.05, 4.69) is 34.1 Å². The van der Waals surface area contributed by atoms with Crippen molar-refractivity contribution in [2.45, 2.75) is 37.3 Å². The first-order chi connectivity index (χ1) is 22.2. The summed E-state index contributed by atoms with van der Waals surface area (Å²) in [6.45, 7) is 3.76. The van der Waals surface area contributed by atoms with E-state index in [0.717, 1.165) is 35.1 Å². The van der Waals surface area contributed by atoms with Crippen LogP contribution >= 0.6 is 0 Å². The summed E-state index contributed by atoms with van der Waals surface area (Å²) in [5.74, 6) is -0.286. The van der Waals surface area contributed by atoms with Crippen LogP contribution in [0.4, 0.5) is 10.5 Å². The standard InChI is InChI=1S/C36H42N4O6/c1-37(2)29-10-9-28(26-6-4-5-7-27(26)29)30-21-25-20-24(31(41)18-23-8-11-33(45-3)32(42)19-23)22-36(25)34(43)39(35(44)40(30)36)13-12-38-14-16-46-17-15-38/h4-11,19,24-25,30,42H,12-18,20-22H2,1-3H3/t24?,25-,30+,36-/m0/s1. The first-order valence-corrected chi connectivity index (χ1v) is 16.3. The SMILES string of the molecule is COc1ccc(CC(=O)C2C[C@H]3C[C@H](c4ccc(N(C)C)c5ccccc45)N4C(=O)N(CCN5CCOCC5)C(=O)[C@]34C2)cc1O. The van der Waals surface area contributed by atoms with Gasteiger partial charge in [0, 0.05) is 63.7 Å². The first kappa shape index (κ1) is 30.5. The summed E-state index contributed by atoms with van der Waals surface area (Å²) in [4.78, 5) is 50.4. The van der Waals surface area contributed by atoms with Gasteiger partial charge in [-0.1, -0.05) is 36.4 Å². The van der Waals surface area contributed by atoms with Crippen molar-refractivity contribution in [1.82, 2.24) is 14.7 Å². The van der Waals surface area contributed by atoms with Crippen LogP contribution in [0.15, 0.2) is 54.6 Å². The highest BCUT2D eigenvalue weighted by atomic mass is 16.5. The molecule has 1 N–H and O–H groups in total. The molecule has 3 heterocycles. The Kier molecular flexibility index (Phi) is 7.89. The molecule has 4 fully saturated rings. The van der Waals surface area contributed by atoms with Crippen molar-refractivity contribution < 1.29 is 29.0 Å². The highest BCUT2D eigenvalue weighted by Crippen LogP contribution is 2.60. The van der Waals surface area contributed by atoms with Crippen LogP contribution in [0.2, 0.25) is 0 Å². The van der Waals surface area contributed by atoms with Crippen molar-refractivity contribution in [1.29, 1.82) is 0 Å². The van der Waals surface area contributed by atoms with E-state index < -0.39 is 5.54 Å². The smallest absolute Gasteiger partial charge is 0.328 e. The molecule has 4 atom stereocenters. The molecule has 1 spiro atoms. The number of morpholine rings is 1.